The highest BCUT2D eigenvalue weighted by Gasteiger charge is 1.97. The van der Waals surface area contributed by atoms with Crippen molar-refractivity contribution in [3.8, 4) is 0 Å². The van der Waals surface area contributed by atoms with Crippen molar-refractivity contribution in [1.29, 1.82) is 0 Å². The Balaban J connectivity index is 2.36. The van der Waals surface area contributed by atoms with E-state index < -0.39 is 0 Å². The van der Waals surface area contributed by atoms with Crippen LogP contribution in [0.3, 0.4) is 0 Å². The maximum absolute atomic E-state index is 5.86. The molecule has 2 nitrogen and oxygen atoms in total. The summed E-state index contributed by atoms with van der Waals surface area (Å²) in [5.74, 6) is 0. The van der Waals surface area contributed by atoms with Crippen LogP contribution in [0.25, 0.3) is 0 Å². The molecule has 78 valence electrons. The number of hydrogen-bond donors (Lipinski definition) is 0. The first-order chi connectivity index (χ1) is 7.29. The molecule has 6 heteroatoms. The number of thioether (sulfide) groups is 1. The Morgan fingerprint density at radius 3 is 2.60 bits per heavy atom. The van der Waals surface area contributed by atoms with Crippen LogP contribution >= 0.6 is 44.2 Å². The molecule has 0 radical (unpaired) electrons. The van der Waals surface area contributed by atoms with E-state index in [0.717, 1.165) is 10.4 Å². The van der Waals surface area contributed by atoms with Crippen LogP contribution in [0.15, 0.2) is 34.2 Å². The van der Waals surface area contributed by atoms with Crippen LogP contribution in [0.4, 0.5) is 5.69 Å². The van der Waals surface area contributed by atoms with E-state index in [1.807, 2.05) is 30.5 Å². The van der Waals surface area contributed by atoms with Crippen LogP contribution in [-0.4, -0.2) is 10.6 Å². The summed E-state index contributed by atoms with van der Waals surface area (Å²) in [5, 5.41) is 0.485. The van der Waals surface area contributed by atoms with E-state index in [0.29, 0.717) is 5.15 Å². The van der Waals surface area contributed by atoms with Crippen LogP contribution in [0.5, 0.6) is 0 Å². The second-order valence-electron chi connectivity index (χ2n) is 2.65. The van der Waals surface area contributed by atoms with Gasteiger partial charge < -0.3 is 0 Å². The number of benzene rings is 1. The average molecular weight is 275 g/mol. The van der Waals surface area contributed by atoms with Gasteiger partial charge in [0.1, 0.15) is 0 Å². The fourth-order valence-electron chi connectivity index (χ4n) is 0.999. The molecule has 0 aliphatic rings. The van der Waals surface area contributed by atoms with E-state index in [-0.39, 0.29) is 0 Å². The third-order valence-corrected chi connectivity index (χ3v) is 4.63. The first-order valence-corrected chi connectivity index (χ1v) is 7.81. The average Bonchev–Trinajstić information content (AvgIpc) is 2.66. The molecule has 0 amide bonds. The summed E-state index contributed by atoms with van der Waals surface area (Å²) in [7, 11) is 2.84. The zero-order valence-corrected chi connectivity index (χ0v) is 11.0. The van der Waals surface area contributed by atoms with Gasteiger partial charge in [-0.05, 0) is 40.9 Å². The monoisotopic (exact) mass is 274 g/mol. The predicted molar refractivity (Wildman–Crippen MR) is 68.4 cm³/mol. The first-order valence-electron chi connectivity index (χ1n) is 4.10. The van der Waals surface area contributed by atoms with Crippen LogP contribution in [0, 0.1) is 0 Å². The topological polar surface area (TPSA) is 25.2 Å². The molecule has 1 aromatic carbocycles. The highest BCUT2D eigenvalue weighted by Crippen LogP contribution is 2.19. The van der Waals surface area contributed by atoms with E-state index in [1.54, 1.807) is 11.8 Å². The van der Waals surface area contributed by atoms with E-state index in [1.165, 1.54) is 25.8 Å². The first kappa shape index (κ1) is 11.1. The smallest absolute Gasteiger partial charge is 0.179 e. The van der Waals surface area contributed by atoms with Crippen molar-refractivity contribution in [1.82, 2.24) is 4.37 Å². The molecule has 0 saturated heterocycles. The minimum absolute atomic E-state index is 0.485. The summed E-state index contributed by atoms with van der Waals surface area (Å²) >= 11 is 7.57. The summed E-state index contributed by atoms with van der Waals surface area (Å²) in [6, 6.07) is 8.04. The second kappa shape index (κ2) is 5.12. The lowest BCUT2D eigenvalue weighted by molar-refractivity contribution is 1.35. The van der Waals surface area contributed by atoms with Crippen molar-refractivity contribution in [2.24, 2.45) is 4.99 Å². The van der Waals surface area contributed by atoms with Gasteiger partial charge in [0.05, 0.1) is 5.69 Å². The van der Waals surface area contributed by atoms with Gasteiger partial charge in [0.25, 0.3) is 0 Å². The van der Waals surface area contributed by atoms with Gasteiger partial charge in [-0.2, -0.15) is 4.37 Å². The molecule has 1 aromatic heterocycles. The molecule has 0 fully saturated rings. The zero-order chi connectivity index (χ0) is 10.7. The van der Waals surface area contributed by atoms with Crippen molar-refractivity contribution in [3.05, 3.63) is 34.1 Å². The summed E-state index contributed by atoms with van der Waals surface area (Å²) in [5.41, 5.74) is 0.908. The molecule has 2 rings (SSSR count). The minimum Gasteiger partial charge on any atom is -0.234 e. The van der Waals surface area contributed by atoms with Crippen LogP contribution < -0.4 is 4.67 Å². The van der Waals surface area contributed by atoms with Gasteiger partial charge in [-0.1, -0.05) is 11.6 Å². The Hall–Kier alpha value is -0.360. The lowest BCUT2D eigenvalue weighted by Crippen LogP contribution is -1.92. The third kappa shape index (κ3) is 2.81. The minimum atomic E-state index is 0.485. The number of aromatic nitrogens is 1. The lowest BCUT2D eigenvalue weighted by atomic mass is 10.3. The Bertz CT molecular complexity index is 501. The van der Waals surface area contributed by atoms with Gasteiger partial charge in [-0.25, -0.2) is 4.99 Å². The normalized spacial score (nSPS) is 12.0. The molecule has 0 N–H and O–H groups in total. The van der Waals surface area contributed by atoms with Crippen molar-refractivity contribution >= 4 is 49.9 Å². The van der Waals surface area contributed by atoms with Crippen LogP contribution in [-0.2, 0) is 0 Å². The molecule has 0 aliphatic heterocycles. The van der Waals surface area contributed by atoms with E-state index in [4.69, 9.17) is 11.6 Å². The van der Waals surface area contributed by atoms with Crippen molar-refractivity contribution in [2.45, 2.75) is 4.90 Å². The molecule has 1 heterocycles. The maximum atomic E-state index is 5.86. The van der Waals surface area contributed by atoms with E-state index >= 15 is 0 Å². The fourth-order valence-corrected chi connectivity index (χ4v) is 3.40. The van der Waals surface area contributed by atoms with Gasteiger partial charge in [-0.15, -0.1) is 11.8 Å². The molecular weight excluding hydrogens is 268 g/mol. The second-order valence-corrected chi connectivity index (χ2v) is 5.72. The number of rotatable bonds is 2. The Morgan fingerprint density at radius 2 is 2.07 bits per heavy atom. The molecule has 0 saturated carbocycles. The van der Waals surface area contributed by atoms with Crippen molar-refractivity contribution in [2.75, 3.05) is 6.26 Å². The van der Waals surface area contributed by atoms with Crippen molar-refractivity contribution in [3.63, 3.8) is 0 Å². The van der Waals surface area contributed by atoms with Crippen LogP contribution in [0.1, 0.15) is 0 Å². The van der Waals surface area contributed by atoms with Gasteiger partial charge in [-0.3, -0.25) is 0 Å². The zero-order valence-electron chi connectivity index (χ0n) is 7.81. The summed E-state index contributed by atoms with van der Waals surface area (Å²) in [6.07, 6.45) is 2.05. The van der Waals surface area contributed by atoms with E-state index in [9.17, 15) is 0 Å². The highest BCUT2D eigenvalue weighted by atomic mass is 35.5. The molecule has 15 heavy (non-hydrogen) atoms. The quantitative estimate of drug-likeness (QED) is 0.615. The number of halogens is 1. The Labute approximate surface area is 104 Å². The van der Waals surface area contributed by atoms with Crippen molar-refractivity contribution < 1.29 is 0 Å². The van der Waals surface area contributed by atoms with E-state index in [2.05, 4.69) is 9.37 Å². The summed E-state index contributed by atoms with van der Waals surface area (Å²) in [4.78, 5) is 5.63. The Kier molecular flexibility index (Phi) is 3.80. The number of hydrogen-bond acceptors (Lipinski definition) is 5. The lowest BCUT2D eigenvalue weighted by Gasteiger charge is -1.95. The molecule has 2 aromatic rings. The van der Waals surface area contributed by atoms with Gasteiger partial charge in [0.2, 0.25) is 0 Å². The van der Waals surface area contributed by atoms with Gasteiger partial charge in [0, 0.05) is 15.4 Å². The largest absolute Gasteiger partial charge is 0.234 e. The molecule has 0 atom stereocenters. The summed E-state index contributed by atoms with van der Waals surface area (Å²) < 4.78 is 4.75. The number of nitrogens with zero attached hydrogens (tertiary/aromatic N) is 2. The molecule has 0 bridgehead atoms. The van der Waals surface area contributed by atoms with Gasteiger partial charge >= 0.3 is 0 Å². The van der Waals surface area contributed by atoms with Gasteiger partial charge in [0.15, 0.2) is 9.82 Å². The summed E-state index contributed by atoms with van der Waals surface area (Å²) in [6.45, 7) is 0. The standard InChI is InChI=1S/C9H7ClN2S3/c1-13-7-4-2-6(3-5-7)11-9-8(10)12-15-14-9/h2-5H,1H3. The molecule has 0 spiro atoms. The molecular formula is C9H7ClN2S3. The third-order valence-electron chi connectivity index (χ3n) is 1.71. The Morgan fingerprint density at radius 1 is 1.33 bits per heavy atom. The maximum Gasteiger partial charge on any atom is 0.179 e. The predicted octanol–water partition coefficient (Wildman–Crippen LogP) is 3.81. The SMILES string of the molecule is CSc1ccc(N=c2ssnc2Cl)cc1. The highest BCUT2D eigenvalue weighted by molar-refractivity contribution is 7.98. The fraction of sp³-hybridized carbons (Fsp3) is 0.111. The molecule has 0 unspecified atom stereocenters. The molecule has 0 aliphatic carbocycles. The van der Waals surface area contributed by atoms with Crippen LogP contribution in [0.2, 0.25) is 5.15 Å².